The van der Waals surface area contributed by atoms with E-state index in [-0.39, 0.29) is 18.5 Å². The normalized spacial score (nSPS) is 16.2. The molecule has 1 unspecified atom stereocenters. The van der Waals surface area contributed by atoms with Gasteiger partial charge in [-0.15, -0.1) is 0 Å². The number of hydrogen-bond donors (Lipinski definition) is 2. The van der Waals surface area contributed by atoms with Crippen molar-refractivity contribution in [3.8, 4) is 0 Å². The Labute approximate surface area is 185 Å². The summed E-state index contributed by atoms with van der Waals surface area (Å²) in [5, 5.41) is 6.58. The molecule has 1 amide bonds. The molecule has 0 bridgehead atoms. The lowest BCUT2D eigenvalue weighted by Crippen LogP contribution is -2.34. The minimum Gasteiger partial charge on any atom is -0.459 e. The van der Waals surface area contributed by atoms with E-state index in [1.54, 1.807) is 12.1 Å². The topological polar surface area (TPSA) is 67.4 Å². The summed E-state index contributed by atoms with van der Waals surface area (Å²) in [6.07, 6.45) is 1.85. The average molecular weight is 433 g/mol. The summed E-state index contributed by atoms with van der Waals surface area (Å²) >= 11 is 6.15. The molecule has 0 saturated heterocycles. The number of ether oxygens (including phenoxy) is 1. The first kappa shape index (κ1) is 20.7. The number of anilines is 2. The Morgan fingerprint density at radius 2 is 1.74 bits per heavy atom. The fraction of sp³-hybridized carbons (Fsp3) is 0.120. The molecule has 156 valence electrons. The van der Waals surface area contributed by atoms with Gasteiger partial charge in [0.05, 0.1) is 0 Å². The van der Waals surface area contributed by atoms with Crippen LogP contribution in [0.1, 0.15) is 17.5 Å². The molecule has 4 rings (SSSR count). The highest BCUT2D eigenvalue weighted by Gasteiger charge is 2.29. The Balaban J connectivity index is 1.53. The van der Waals surface area contributed by atoms with Crippen LogP contribution < -0.4 is 10.6 Å². The fourth-order valence-electron chi connectivity index (χ4n) is 3.45. The van der Waals surface area contributed by atoms with Crippen LogP contribution in [0.4, 0.5) is 11.4 Å². The highest BCUT2D eigenvalue weighted by atomic mass is 35.5. The molecule has 0 saturated carbocycles. The predicted molar refractivity (Wildman–Crippen MR) is 123 cm³/mol. The molecule has 0 fully saturated rings. The first-order chi connectivity index (χ1) is 15.1. The van der Waals surface area contributed by atoms with Crippen molar-refractivity contribution in [2.24, 2.45) is 0 Å². The van der Waals surface area contributed by atoms with Gasteiger partial charge >= 0.3 is 5.97 Å². The van der Waals surface area contributed by atoms with Crippen molar-refractivity contribution in [2.45, 2.75) is 19.1 Å². The molecular weight excluding hydrogens is 412 g/mol. The molecule has 1 atom stereocenters. The summed E-state index contributed by atoms with van der Waals surface area (Å²) in [5.74, 6) is -0.649. The Hall–Kier alpha value is -3.57. The zero-order chi connectivity index (χ0) is 21.6. The second-order valence-corrected chi connectivity index (χ2v) is 7.65. The van der Waals surface area contributed by atoms with Gasteiger partial charge in [-0.2, -0.15) is 0 Å². The van der Waals surface area contributed by atoms with E-state index < -0.39 is 6.04 Å². The number of esters is 1. The maximum atomic E-state index is 12.7. The van der Waals surface area contributed by atoms with Gasteiger partial charge in [0.2, 0.25) is 5.91 Å². The first-order valence-corrected chi connectivity index (χ1v) is 10.3. The van der Waals surface area contributed by atoms with Crippen molar-refractivity contribution in [2.75, 3.05) is 10.6 Å². The van der Waals surface area contributed by atoms with Crippen molar-refractivity contribution in [1.82, 2.24) is 0 Å². The second-order valence-electron chi connectivity index (χ2n) is 7.21. The maximum absolute atomic E-state index is 12.7. The third-order valence-electron chi connectivity index (χ3n) is 4.94. The summed E-state index contributed by atoms with van der Waals surface area (Å²) < 4.78 is 5.50. The van der Waals surface area contributed by atoms with Gasteiger partial charge < -0.3 is 15.4 Å². The lowest BCUT2D eigenvalue weighted by molar-refractivity contribution is -0.145. The highest BCUT2D eigenvalue weighted by molar-refractivity contribution is 6.31. The van der Waals surface area contributed by atoms with E-state index in [0.717, 1.165) is 16.7 Å². The van der Waals surface area contributed by atoms with Crippen LogP contribution in [0.5, 0.6) is 0 Å². The van der Waals surface area contributed by atoms with Gasteiger partial charge in [0, 0.05) is 34.5 Å². The largest absolute Gasteiger partial charge is 0.459 e. The molecule has 1 aliphatic rings. The zero-order valence-electron chi connectivity index (χ0n) is 16.7. The third-order valence-corrected chi connectivity index (χ3v) is 5.17. The van der Waals surface area contributed by atoms with E-state index >= 15 is 0 Å². The highest BCUT2D eigenvalue weighted by Crippen LogP contribution is 2.35. The van der Waals surface area contributed by atoms with Crippen LogP contribution in [0.15, 0.2) is 84.9 Å². The van der Waals surface area contributed by atoms with Gasteiger partial charge in [-0.25, -0.2) is 4.79 Å². The number of halogens is 1. The van der Waals surface area contributed by atoms with Crippen LogP contribution in [0.25, 0.3) is 5.57 Å². The maximum Gasteiger partial charge on any atom is 0.329 e. The van der Waals surface area contributed by atoms with Crippen LogP contribution >= 0.6 is 11.6 Å². The van der Waals surface area contributed by atoms with Gasteiger partial charge in [0.25, 0.3) is 0 Å². The number of rotatable bonds is 5. The molecule has 31 heavy (non-hydrogen) atoms. The summed E-state index contributed by atoms with van der Waals surface area (Å²) in [7, 11) is 0. The Kier molecular flexibility index (Phi) is 6.34. The standard InChI is InChI=1S/C25H21ClN2O3/c26-19-11-12-21-18(14-24(29)27-20-9-5-2-6-10-20)13-23(28-22(21)15-19)25(30)31-16-17-7-3-1-4-8-17/h1-12,14-15,23,28H,13,16H2,(H,27,29). The number of amides is 1. The minimum atomic E-state index is -0.620. The van der Waals surface area contributed by atoms with Crippen molar-refractivity contribution >= 4 is 40.4 Å². The number of hydrogen-bond acceptors (Lipinski definition) is 4. The van der Waals surface area contributed by atoms with Crippen molar-refractivity contribution < 1.29 is 14.3 Å². The second kappa shape index (κ2) is 9.49. The van der Waals surface area contributed by atoms with Gasteiger partial charge in [-0.05, 0) is 35.4 Å². The quantitative estimate of drug-likeness (QED) is 0.424. The summed E-state index contributed by atoms with van der Waals surface area (Å²) in [6.45, 7) is 0.188. The Morgan fingerprint density at radius 1 is 1.03 bits per heavy atom. The molecule has 3 aromatic carbocycles. The molecule has 1 heterocycles. The average Bonchev–Trinajstić information content (AvgIpc) is 2.78. The molecule has 0 aromatic heterocycles. The van der Waals surface area contributed by atoms with E-state index in [9.17, 15) is 9.59 Å². The molecule has 0 aliphatic carbocycles. The molecule has 2 N–H and O–H groups in total. The number of nitrogens with one attached hydrogen (secondary N) is 2. The Bertz CT molecular complexity index is 1110. The number of para-hydroxylation sites is 1. The van der Waals surface area contributed by atoms with Crippen LogP contribution in [0.3, 0.4) is 0 Å². The monoisotopic (exact) mass is 432 g/mol. The predicted octanol–water partition coefficient (Wildman–Crippen LogP) is 5.29. The van der Waals surface area contributed by atoms with Crippen LogP contribution in [0.2, 0.25) is 5.02 Å². The van der Waals surface area contributed by atoms with Gasteiger partial charge in [0.15, 0.2) is 0 Å². The van der Waals surface area contributed by atoms with Crippen molar-refractivity contribution in [3.63, 3.8) is 0 Å². The lowest BCUT2D eigenvalue weighted by Gasteiger charge is -2.28. The molecule has 0 spiro atoms. The SMILES string of the molecule is O=C(C=C1CC(C(=O)OCc2ccccc2)Nc2cc(Cl)ccc21)Nc1ccccc1. The van der Waals surface area contributed by atoms with Crippen LogP contribution in [-0.2, 0) is 20.9 Å². The van der Waals surface area contributed by atoms with E-state index in [1.165, 1.54) is 6.08 Å². The zero-order valence-corrected chi connectivity index (χ0v) is 17.4. The first-order valence-electron chi connectivity index (χ1n) is 9.92. The number of fused-ring (bicyclic) bond motifs is 1. The fourth-order valence-corrected chi connectivity index (χ4v) is 3.62. The molecule has 0 radical (unpaired) electrons. The molecule has 5 nitrogen and oxygen atoms in total. The van der Waals surface area contributed by atoms with Crippen LogP contribution in [0, 0.1) is 0 Å². The van der Waals surface area contributed by atoms with E-state index in [0.29, 0.717) is 22.8 Å². The van der Waals surface area contributed by atoms with Gasteiger partial charge in [-0.1, -0.05) is 66.2 Å². The Morgan fingerprint density at radius 3 is 2.48 bits per heavy atom. The minimum absolute atomic E-state index is 0.188. The van der Waals surface area contributed by atoms with Crippen molar-refractivity contribution in [3.05, 3.63) is 101 Å². The molecule has 6 heteroatoms. The lowest BCUT2D eigenvalue weighted by atomic mass is 9.92. The van der Waals surface area contributed by atoms with Crippen LogP contribution in [-0.4, -0.2) is 17.9 Å². The van der Waals surface area contributed by atoms with Gasteiger partial charge in [0.1, 0.15) is 12.6 Å². The summed E-state index contributed by atoms with van der Waals surface area (Å²) in [6, 6.07) is 23.4. The molecule has 1 aliphatic heterocycles. The number of carbonyl (C=O) groups excluding carboxylic acids is 2. The van der Waals surface area contributed by atoms with E-state index in [2.05, 4.69) is 10.6 Å². The smallest absolute Gasteiger partial charge is 0.329 e. The molecular formula is C25H21ClN2O3. The van der Waals surface area contributed by atoms with Gasteiger partial charge in [-0.3, -0.25) is 4.79 Å². The van der Waals surface area contributed by atoms with Crippen molar-refractivity contribution in [1.29, 1.82) is 0 Å². The van der Waals surface area contributed by atoms with E-state index in [4.69, 9.17) is 16.3 Å². The summed E-state index contributed by atoms with van der Waals surface area (Å²) in [4.78, 5) is 25.3. The molecule has 3 aromatic rings. The number of carbonyl (C=O) groups is 2. The number of benzene rings is 3. The third kappa shape index (κ3) is 5.32. The van der Waals surface area contributed by atoms with E-state index in [1.807, 2.05) is 66.7 Å². The summed E-state index contributed by atoms with van der Waals surface area (Å²) in [5.41, 5.74) is 3.88.